The topological polar surface area (TPSA) is 78.7 Å². The van der Waals surface area contributed by atoms with Crippen LogP contribution in [0.4, 0.5) is 4.39 Å². The number of aromatic amines is 1. The molecule has 6 nitrogen and oxygen atoms in total. The van der Waals surface area contributed by atoms with E-state index in [1.807, 2.05) is 23.1 Å². The number of thioether (sulfide) groups is 1. The van der Waals surface area contributed by atoms with Crippen molar-refractivity contribution in [2.45, 2.75) is 24.5 Å². The number of halogens is 1. The first-order valence-electron chi connectivity index (χ1n) is 10.4. The minimum atomic E-state index is -0.482. The smallest absolute Gasteiger partial charge is 0.408 e. The highest BCUT2D eigenvalue weighted by Crippen LogP contribution is 2.30. The Morgan fingerprint density at radius 2 is 1.97 bits per heavy atom. The molecule has 1 amide bonds. The summed E-state index contributed by atoms with van der Waals surface area (Å²) in [4.78, 5) is 33.5. The monoisotopic (exact) mass is 439 g/mol. The van der Waals surface area contributed by atoms with Gasteiger partial charge in [0.25, 0.3) is 0 Å². The summed E-state index contributed by atoms with van der Waals surface area (Å²) < 4.78 is 18.2. The van der Waals surface area contributed by atoms with Crippen molar-refractivity contribution in [1.82, 2.24) is 9.88 Å². The van der Waals surface area contributed by atoms with Crippen molar-refractivity contribution >= 4 is 33.8 Å². The normalized spacial score (nSPS) is 19.7. The van der Waals surface area contributed by atoms with Crippen molar-refractivity contribution in [2.75, 3.05) is 19.6 Å². The van der Waals surface area contributed by atoms with Crippen LogP contribution in [-0.4, -0.2) is 45.7 Å². The van der Waals surface area contributed by atoms with Crippen molar-refractivity contribution < 1.29 is 13.6 Å². The number of H-pyrrole nitrogens is 1. The van der Waals surface area contributed by atoms with E-state index < -0.39 is 5.76 Å². The largest absolute Gasteiger partial charge is 0.417 e. The maximum atomic E-state index is 13.1. The van der Waals surface area contributed by atoms with Gasteiger partial charge >= 0.3 is 5.76 Å². The number of hydrogen-bond donors (Lipinski definition) is 1. The van der Waals surface area contributed by atoms with Crippen LogP contribution in [0.15, 0.2) is 56.7 Å². The van der Waals surface area contributed by atoms with E-state index in [-0.39, 0.29) is 17.0 Å². The third-order valence-corrected chi connectivity index (χ3v) is 7.19. The Bertz CT molecular complexity index is 1190. The third kappa shape index (κ3) is 4.30. The predicted molar refractivity (Wildman–Crippen MR) is 119 cm³/mol. The minimum absolute atomic E-state index is 0.137. The van der Waals surface area contributed by atoms with Crippen molar-refractivity contribution in [3.05, 3.63) is 70.0 Å². The molecule has 0 saturated carbocycles. The van der Waals surface area contributed by atoms with Crippen molar-refractivity contribution in [1.29, 1.82) is 0 Å². The van der Waals surface area contributed by atoms with Gasteiger partial charge in [-0.1, -0.05) is 23.9 Å². The molecule has 3 heterocycles. The summed E-state index contributed by atoms with van der Waals surface area (Å²) in [6.07, 6.45) is 2.83. The van der Waals surface area contributed by atoms with Gasteiger partial charge in [-0.05, 0) is 61.1 Å². The zero-order valence-electron chi connectivity index (χ0n) is 16.8. The molecule has 2 aliphatic heterocycles. The van der Waals surface area contributed by atoms with E-state index in [2.05, 4.69) is 9.98 Å². The number of benzene rings is 2. The number of aromatic nitrogens is 1. The van der Waals surface area contributed by atoms with Crippen LogP contribution in [0, 0.1) is 11.7 Å². The fraction of sp³-hybridized carbons (Fsp3) is 0.348. The number of fused-ring (bicyclic) bond motifs is 1. The second kappa shape index (κ2) is 8.34. The standard InChI is InChI=1S/C23H22FN3O3S/c24-17-4-1-14(2-5-17)11-15-7-9-27(10-8-15)22(28)20-13-25-21(31-20)16-3-6-18-19(12-16)30-23(29)26-18/h1-6,12,15,20H,7-11,13H2,(H,26,29). The Labute approximate surface area is 182 Å². The number of nitrogens with zero attached hydrogens (tertiary/aromatic N) is 2. The number of piperidine rings is 1. The summed E-state index contributed by atoms with van der Waals surface area (Å²) >= 11 is 1.48. The van der Waals surface area contributed by atoms with Crippen LogP contribution in [-0.2, 0) is 11.2 Å². The molecule has 160 valence electrons. The molecule has 31 heavy (non-hydrogen) atoms. The van der Waals surface area contributed by atoms with E-state index >= 15 is 0 Å². The number of likely N-dealkylation sites (tertiary alicyclic amines) is 1. The van der Waals surface area contributed by atoms with Gasteiger partial charge < -0.3 is 9.32 Å². The first kappa shape index (κ1) is 20.1. The van der Waals surface area contributed by atoms with Gasteiger partial charge in [-0.15, -0.1) is 0 Å². The van der Waals surface area contributed by atoms with Gasteiger partial charge in [-0.25, -0.2) is 9.18 Å². The van der Waals surface area contributed by atoms with E-state index in [0.717, 1.165) is 48.5 Å². The number of oxazole rings is 1. The molecule has 1 fully saturated rings. The van der Waals surface area contributed by atoms with E-state index in [0.29, 0.717) is 23.6 Å². The van der Waals surface area contributed by atoms with Gasteiger partial charge in [0.1, 0.15) is 11.1 Å². The van der Waals surface area contributed by atoms with E-state index in [9.17, 15) is 14.0 Å². The number of rotatable bonds is 4. The summed E-state index contributed by atoms with van der Waals surface area (Å²) in [5.41, 5.74) is 3.14. The van der Waals surface area contributed by atoms with E-state index in [4.69, 9.17) is 4.42 Å². The molecule has 2 aromatic carbocycles. The molecule has 1 N–H and O–H groups in total. The molecule has 1 aromatic heterocycles. The van der Waals surface area contributed by atoms with E-state index in [1.165, 1.54) is 23.9 Å². The molecule has 2 aliphatic rings. The Balaban J connectivity index is 1.16. The van der Waals surface area contributed by atoms with Crippen molar-refractivity contribution in [2.24, 2.45) is 10.9 Å². The second-order valence-electron chi connectivity index (χ2n) is 8.08. The lowest BCUT2D eigenvalue weighted by Gasteiger charge is -2.33. The second-order valence-corrected chi connectivity index (χ2v) is 9.27. The molecule has 0 bridgehead atoms. The molecule has 8 heteroatoms. The molecule has 1 saturated heterocycles. The van der Waals surface area contributed by atoms with Gasteiger partial charge in [-0.3, -0.25) is 14.8 Å². The van der Waals surface area contributed by atoms with Crippen LogP contribution in [0.25, 0.3) is 11.1 Å². The Hall–Kier alpha value is -2.87. The first-order valence-corrected chi connectivity index (χ1v) is 11.3. The Morgan fingerprint density at radius 3 is 2.74 bits per heavy atom. The highest BCUT2D eigenvalue weighted by Gasteiger charge is 2.32. The van der Waals surface area contributed by atoms with Crippen LogP contribution in [0.5, 0.6) is 0 Å². The summed E-state index contributed by atoms with van der Waals surface area (Å²) in [6, 6.07) is 12.2. The molecule has 1 unspecified atom stereocenters. The number of hydrogen-bond acceptors (Lipinski definition) is 5. The molecule has 0 spiro atoms. The minimum Gasteiger partial charge on any atom is -0.408 e. The molecule has 0 aliphatic carbocycles. The molecule has 1 atom stereocenters. The number of nitrogens with one attached hydrogen (secondary N) is 1. The lowest BCUT2D eigenvalue weighted by atomic mass is 9.90. The summed E-state index contributed by atoms with van der Waals surface area (Å²) in [5.74, 6) is -0.0417. The van der Waals surface area contributed by atoms with Gasteiger partial charge in [0.05, 0.1) is 17.1 Å². The molecule has 3 aromatic rings. The average Bonchev–Trinajstić information content (AvgIpc) is 3.41. The average molecular weight is 440 g/mol. The zero-order chi connectivity index (χ0) is 21.4. The SMILES string of the molecule is O=C(C1CN=C(c2ccc3[nH]c(=O)oc3c2)S1)N1CCC(Cc2ccc(F)cc2)CC1. The third-order valence-electron chi connectivity index (χ3n) is 5.96. The number of carbonyl (C=O) groups excluding carboxylic acids is 1. The van der Waals surface area contributed by atoms with Gasteiger partial charge in [0.2, 0.25) is 5.91 Å². The molecule has 0 radical (unpaired) electrons. The van der Waals surface area contributed by atoms with Crippen LogP contribution >= 0.6 is 11.8 Å². The summed E-state index contributed by atoms with van der Waals surface area (Å²) in [6.45, 7) is 1.96. The quantitative estimate of drug-likeness (QED) is 0.674. The maximum absolute atomic E-state index is 13.1. The van der Waals surface area contributed by atoms with Gasteiger partial charge in [0, 0.05) is 18.7 Å². The van der Waals surface area contributed by atoms with Crippen LogP contribution in [0.1, 0.15) is 24.0 Å². The lowest BCUT2D eigenvalue weighted by Crippen LogP contribution is -2.43. The lowest BCUT2D eigenvalue weighted by molar-refractivity contribution is -0.131. The fourth-order valence-corrected chi connectivity index (χ4v) is 5.34. The predicted octanol–water partition coefficient (Wildman–Crippen LogP) is 3.60. The first-order chi connectivity index (χ1) is 15.0. The van der Waals surface area contributed by atoms with Crippen LogP contribution in [0.2, 0.25) is 0 Å². The molecular formula is C23H22FN3O3S. The van der Waals surface area contributed by atoms with Gasteiger partial charge in [-0.2, -0.15) is 0 Å². The van der Waals surface area contributed by atoms with Crippen molar-refractivity contribution in [3.8, 4) is 0 Å². The number of aliphatic imine (C=N–C) groups is 1. The molecule has 5 rings (SSSR count). The van der Waals surface area contributed by atoms with E-state index in [1.54, 1.807) is 12.1 Å². The Kier molecular flexibility index (Phi) is 5.40. The van der Waals surface area contributed by atoms with Crippen LogP contribution in [0.3, 0.4) is 0 Å². The summed E-state index contributed by atoms with van der Waals surface area (Å²) in [5, 5.41) is 0.591. The highest BCUT2D eigenvalue weighted by atomic mass is 32.2. The maximum Gasteiger partial charge on any atom is 0.417 e. The Morgan fingerprint density at radius 1 is 1.19 bits per heavy atom. The number of carbonyl (C=O) groups is 1. The van der Waals surface area contributed by atoms with Gasteiger partial charge in [0.15, 0.2) is 5.58 Å². The summed E-state index contributed by atoms with van der Waals surface area (Å²) in [7, 11) is 0. The molecular weight excluding hydrogens is 417 g/mol. The number of amides is 1. The zero-order valence-corrected chi connectivity index (χ0v) is 17.7. The van der Waals surface area contributed by atoms with Crippen molar-refractivity contribution in [3.63, 3.8) is 0 Å². The highest BCUT2D eigenvalue weighted by molar-refractivity contribution is 8.15. The van der Waals surface area contributed by atoms with Crippen LogP contribution < -0.4 is 5.76 Å². The fourth-order valence-electron chi connectivity index (χ4n) is 4.26.